The van der Waals surface area contributed by atoms with Crippen LogP contribution in [0.1, 0.15) is 28.8 Å². The van der Waals surface area contributed by atoms with E-state index in [1.54, 1.807) is 19.2 Å². The minimum Gasteiger partial charge on any atom is -0.366 e. The normalized spacial score (nSPS) is 10.5. The number of primary amides is 1. The van der Waals surface area contributed by atoms with Crippen molar-refractivity contribution in [1.82, 2.24) is 10.2 Å². The molecule has 0 saturated heterocycles. The van der Waals surface area contributed by atoms with Crippen LogP contribution in [-0.2, 0) is 6.54 Å². The number of carbonyl (C=O) groups is 1. The highest BCUT2D eigenvalue weighted by Crippen LogP contribution is 2.05. The maximum atomic E-state index is 11.2. The second-order valence-corrected chi connectivity index (χ2v) is 4.82. The molecule has 6 heteroatoms. The van der Waals surface area contributed by atoms with Crippen molar-refractivity contribution < 1.29 is 4.79 Å². The molecule has 0 spiro atoms. The van der Waals surface area contributed by atoms with Crippen molar-refractivity contribution in [3.05, 3.63) is 48.0 Å². The summed E-state index contributed by atoms with van der Waals surface area (Å²) in [6.07, 6.45) is 3.94. The Hall–Kier alpha value is -1.57. The Morgan fingerprint density at radius 2 is 2.23 bits per heavy atom. The van der Waals surface area contributed by atoms with Crippen molar-refractivity contribution in [3.63, 3.8) is 0 Å². The number of hydrogen-bond donors (Lipinski definition) is 2. The lowest BCUT2D eigenvalue weighted by atomic mass is 10.1. The van der Waals surface area contributed by atoms with Crippen molar-refractivity contribution in [1.29, 1.82) is 0 Å². The average molecular weight is 416 g/mol. The van der Waals surface area contributed by atoms with E-state index in [2.05, 4.69) is 21.8 Å². The third-order valence-corrected chi connectivity index (χ3v) is 3.14. The molecule has 0 aliphatic heterocycles. The van der Waals surface area contributed by atoms with Crippen molar-refractivity contribution in [2.75, 3.05) is 20.6 Å². The minimum absolute atomic E-state index is 0. The number of allylic oxidation sites excluding steroid dienone is 1. The molecule has 1 aromatic carbocycles. The van der Waals surface area contributed by atoms with E-state index in [0.717, 1.165) is 30.9 Å². The Labute approximate surface area is 149 Å². The fourth-order valence-corrected chi connectivity index (χ4v) is 1.98. The van der Waals surface area contributed by atoms with E-state index in [0.29, 0.717) is 12.1 Å². The van der Waals surface area contributed by atoms with Gasteiger partial charge in [-0.3, -0.25) is 9.79 Å². The second-order valence-electron chi connectivity index (χ2n) is 4.82. The lowest BCUT2D eigenvalue weighted by Gasteiger charge is -2.22. The van der Waals surface area contributed by atoms with Gasteiger partial charge in [-0.15, -0.1) is 30.6 Å². The SMILES string of the molecule is C=CCCCN(C)C(=NC)NCc1cccc(C(N)=O)c1.I. The summed E-state index contributed by atoms with van der Waals surface area (Å²) in [6, 6.07) is 7.28. The molecule has 3 N–H and O–H groups in total. The first kappa shape index (κ1) is 20.4. The first-order valence-corrected chi connectivity index (χ1v) is 7.00. The predicted octanol–water partition coefficient (Wildman–Crippen LogP) is 2.38. The van der Waals surface area contributed by atoms with Crippen molar-refractivity contribution >= 4 is 35.8 Å². The Kier molecular flexibility index (Phi) is 10.3. The van der Waals surface area contributed by atoms with Gasteiger partial charge in [-0.05, 0) is 30.5 Å². The number of hydrogen-bond acceptors (Lipinski definition) is 2. The number of nitrogens with two attached hydrogens (primary N) is 1. The molecule has 0 heterocycles. The van der Waals surface area contributed by atoms with Crippen LogP contribution < -0.4 is 11.1 Å². The Balaban J connectivity index is 0.00000441. The van der Waals surface area contributed by atoms with Crippen LogP contribution in [0.3, 0.4) is 0 Å². The number of aliphatic imine (C=N–C) groups is 1. The number of nitrogens with one attached hydrogen (secondary N) is 1. The fourth-order valence-electron chi connectivity index (χ4n) is 1.98. The second kappa shape index (κ2) is 11.1. The number of amides is 1. The maximum absolute atomic E-state index is 11.2. The highest BCUT2D eigenvalue weighted by atomic mass is 127. The molecule has 0 atom stereocenters. The Morgan fingerprint density at radius 1 is 1.50 bits per heavy atom. The van der Waals surface area contributed by atoms with Crippen molar-refractivity contribution in [2.45, 2.75) is 19.4 Å². The molecule has 122 valence electrons. The Morgan fingerprint density at radius 3 is 2.82 bits per heavy atom. The van der Waals surface area contributed by atoms with Crippen LogP contribution in [0.4, 0.5) is 0 Å². The zero-order chi connectivity index (χ0) is 15.7. The van der Waals surface area contributed by atoms with E-state index < -0.39 is 5.91 Å². The molecule has 22 heavy (non-hydrogen) atoms. The summed E-state index contributed by atoms with van der Waals surface area (Å²) in [4.78, 5) is 17.5. The first-order valence-electron chi connectivity index (χ1n) is 7.00. The maximum Gasteiger partial charge on any atom is 0.248 e. The van der Waals surface area contributed by atoms with Crippen LogP contribution in [-0.4, -0.2) is 37.4 Å². The summed E-state index contributed by atoms with van der Waals surface area (Å²) in [5, 5.41) is 3.28. The van der Waals surface area contributed by atoms with Gasteiger partial charge < -0.3 is 16.0 Å². The molecule has 0 aliphatic rings. The molecular formula is C16H25IN4O. The molecule has 0 radical (unpaired) electrons. The van der Waals surface area contributed by atoms with E-state index in [9.17, 15) is 4.79 Å². The Bertz CT molecular complexity index is 517. The van der Waals surface area contributed by atoms with Crippen molar-refractivity contribution in [2.24, 2.45) is 10.7 Å². The molecule has 0 bridgehead atoms. The van der Waals surface area contributed by atoms with Gasteiger partial charge in [0.1, 0.15) is 0 Å². The molecule has 0 aromatic heterocycles. The summed E-state index contributed by atoms with van der Waals surface area (Å²) >= 11 is 0. The molecule has 5 nitrogen and oxygen atoms in total. The van der Waals surface area contributed by atoms with Crippen molar-refractivity contribution in [3.8, 4) is 0 Å². The molecule has 0 unspecified atom stereocenters. The smallest absolute Gasteiger partial charge is 0.248 e. The zero-order valence-electron chi connectivity index (χ0n) is 13.2. The van der Waals surface area contributed by atoms with Gasteiger partial charge in [-0.2, -0.15) is 0 Å². The van der Waals surface area contributed by atoms with Crippen LogP contribution in [0.2, 0.25) is 0 Å². The third-order valence-electron chi connectivity index (χ3n) is 3.14. The zero-order valence-corrected chi connectivity index (χ0v) is 15.5. The number of unbranched alkanes of at least 4 members (excludes halogenated alkanes) is 1. The monoisotopic (exact) mass is 416 g/mol. The van der Waals surface area contributed by atoms with Gasteiger partial charge in [-0.1, -0.05) is 18.2 Å². The number of halogens is 1. The standard InChI is InChI=1S/C16H24N4O.HI/c1-4-5-6-10-20(3)16(18-2)19-12-13-8-7-9-14(11-13)15(17)21;/h4,7-9,11H,1,5-6,10,12H2,2-3H3,(H2,17,21)(H,18,19);1H. The van der Waals surface area contributed by atoms with E-state index in [-0.39, 0.29) is 24.0 Å². The number of benzene rings is 1. The third kappa shape index (κ3) is 6.93. The minimum atomic E-state index is -0.414. The van der Waals surface area contributed by atoms with Crippen LogP contribution in [0.5, 0.6) is 0 Å². The number of rotatable bonds is 7. The largest absolute Gasteiger partial charge is 0.366 e. The van der Waals surface area contributed by atoms with Gasteiger partial charge in [0.25, 0.3) is 0 Å². The summed E-state index contributed by atoms with van der Waals surface area (Å²) in [5.74, 6) is 0.409. The molecule has 1 aromatic rings. The van der Waals surface area contributed by atoms with Crippen LogP contribution in [0.25, 0.3) is 0 Å². The van der Waals surface area contributed by atoms with E-state index in [4.69, 9.17) is 5.73 Å². The van der Waals surface area contributed by atoms with Crippen LogP contribution in [0.15, 0.2) is 41.9 Å². The van der Waals surface area contributed by atoms with Gasteiger partial charge >= 0.3 is 0 Å². The summed E-state index contributed by atoms with van der Waals surface area (Å²) in [7, 11) is 3.75. The van der Waals surface area contributed by atoms with Crippen LogP contribution >= 0.6 is 24.0 Å². The lowest BCUT2D eigenvalue weighted by molar-refractivity contribution is 0.1000. The van der Waals surface area contributed by atoms with Gasteiger partial charge in [0.2, 0.25) is 5.91 Å². The van der Waals surface area contributed by atoms with E-state index in [1.165, 1.54) is 0 Å². The lowest BCUT2D eigenvalue weighted by Crippen LogP contribution is -2.39. The quantitative estimate of drug-likeness (QED) is 0.236. The summed E-state index contributed by atoms with van der Waals surface area (Å²) in [6.45, 7) is 5.23. The molecule has 1 amide bonds. The fraction of sp³-hybridized carbons (Fsp3) is 0.375. The average Bonchev–Trinajstić information content (AvgIpc) is 2.48. The molecule has 1 rings (SSSR count). The van der Waals surface area contributed by atoms with Crippen LogP contribution in [0, 0.1) is 0 Å². The number of guanidine groups is 1. The van der Waals surface area contributed by atoms with Gasteiger partial charge in [0.15, 0.2) is 5.96 Å². The summed E-state index contributed by atoms with van der Waals surface area (Å²) in [5.41, 5.74) is 6.79. The van der Waals surface area contributed by atoms with Gasteiger partial charge in [0, 0.05) is 32.7 Å². The van der Waals surface area contributed by atoms with E-state index in [1.807, 2.05) is 25.3 Å². The first-order chi connectivity index (χ1) is 10.1. The number of nitrogens with zero attached hydrogens (tertiary/aromatic N) is 2. The van der Waals surface area contributed by atoms with Gasteiger partial charge in [-0.25, -0.2) is 0 Å². The predicted molar refractivity (Wildman–Crippen MR) is 103 cm³/mol. The molecule has 0 fully saturated rings. The molecule has 0 saturated carbocycles. The highest BCUT2D eigenvalue weighted by molar-refractivity contribution is 14.0. The molecular weight excluding hydrogens is 391 g/mol. The topological polar surface area (TPSA) is 70.7 Å². The van der Waals surface area contributed by atoms with E-state index >= 15 is 0 Å². The summed E-state index contributed by atoms with van der Waals surface area (Å²) < 4.78 is 0. The highest BCUT2D eigenvalue weighted by Gasteiger charge is 2.06. The number of carbonyl (C=O) groups excluding carboxylic acids is 1. The molecule has 0 aliphatic carbocycles. The van der Waals surface area contributed by atoms with Gasteiger partial charge in [0.05, 0.1) is 0 Å².